The Morgan fingerprint density at radius 2 is 1.79 bits per heavy atom. The van der Waals surface area contributed by atoms with Gasteiger partial charge >= 0.3 is 0 Å². The summed E-state index contributed by atoms with van der Waals surface area (Å²) in [6, 6.07) is 18.9. The fourth-order valence-corrected chi connectivity index (χ4v) is 3.41. The van der Waals surface area contributed by atoms with E-state index in [1.165, 1.54) is 16.7 Å². The SMILES string of the molecule is CCNC(=NCc1ccc(CN2CCCC2=O)cc1)N(C)Cc1ccccc1. The maximum absolute atomic E-state index is 11.8. The van der Waals surface area contributed by atoms with Gasteiger partial charge in [-0.05, 0) is 30.0 Å². The molecule has 0 unspecified atom stereocenters. The van der Waals surface area contributed by atoms with Crippen LogP contribution in [0.4, 0.5) is 0 Å². The number of amides is 1. The molecule has 0 spiro atoms. The second-order valence-electron chi connectivity index (χ2n) is 7.25. The normalized spacial score (nSPS) is 14.4. The van der Waals surface area contributed by atoms with Crippen molar-refractivity contribution in [1.82, 2.24) is 15.1 Å². The number of benzene rings is 2. The van der Waals surface area contributed by atoms with Gasteiger partial charge in [0, 0.05) is 39.6 Å². The van der Waals surface area contributed by atoms with Gasteiger partial charge in [0.2, 0.25) is 5.91 Å². The third-order valence-corrected chi connectivity index (χ3v) is 4.94. The van der Waals surface area contributed by atoms with E-state index in [-0.39, 0.29) is 5.91 Å². The van der Waals surface area contributed by atoms with Crippen molar-refractivity contribution in [3.05, 3.63) is 71.3 Å². The van der Waals surface area contributed by atoms with E-state index in [1.54, 1.807) is 0 Å². The standard InChI is InChI=1S/C23H30N4O/c1-3-24-23(26(2)17-20-8-5-4-6-9-20)25-16-19-11-13-21(14-12-19)18-27-15-7-10-22(27)28/h4-6,8-9,11-14H,3,7,10,15-18H2,1-2H3,(H,24,25). The third-order valence-electron chi connectivity index (χ3n) is 4.94. The lowest BCUT2D eigenvalue weighted by Gasteiger charge is -2.22. The molecule has 1 aliphatic rings. The fraction of sp³-hybridized carbons (Fsp3) is 0.391. The van der Waals surface area contributed by atoms with Crippen molar-refractivity contribution in [3.8, 4) is 0 Å². The number of nitrogens with one attached hydrogen (secondary N) is 1. The summed E-state index contributed by atoms with van der Waals surface area (Å²) in [6.45, 7) is 5.95. The van der Waals surface area contributed by atoms with Crippen LogP contribution in [0.1, 0.15) is 36.5 Å². The van der Waals surface area contributed by atoms with Crippen LogP contribution in [-0.2, 0) is 24.4 Å². The van der Waals surface area contributed by atoms with E-state index < -0.39 is 0 Å². The van der Waals surface area contributed by atoms with Gasteiger partial charge in [-0.25, -0.2) is 4.99 Å². The second kappa shape index (κ2) is 9.93. The molecule has 1 saturated heterocycles. The van der Waals surface area contributed by atoms with Gasteiger partial charge in [0.05, 0.1) is 6.54 Å². The first-order chi connectivity index (χ1) is 13.7. The Hall–Kier alpha value is -2.82. The molecule has 0 aliphatic carbocycles. The smallest absolute Gasteiger partial charge is 0.222 e. The molecule has 1 heterocycles. The molecule has 0 aromatic heterocycles. The van der Waals surface area contributed by atoms with Crippen molar-refractivity contribution in [2.45, 2.75) is 39.4 Å². The highest BCUT2D eigenvalue weighted by molar-refractivity contribution is 5.79. The molecule has 0 radical (unpaired) electrons. The highest BCUT2D eigenvalue weighted by Gasteiger charge is 2.19. The van der Waals surface area contributed by atoms with Gasteiger partial charge in [-0.2, -0.15) is 0 Å². The molecular weight excluding hydrogens is 348 g/mol. The van der Waals surface area contributed by atoms with Gasteiger partial charge in [0.15, 0.2) is 5.96 Å². The van der Waals surface area contributed by atoms with Crippen molar-refractivity contribution >= 4 is 11.9 Å². The quantitative estimate of drug-likeness (QED) is 0.593. The van der Waals surface area contributed by atoms with Crippen LogP contribution in [0.5, 0.6) is 0 Å². The molecule has 0 atom stereocenters. The molecule has 0 saturated carbocycles. The largest absolute Gasteiger partial charge is 0.357 e. The molecule has 5 heteroatoms. The van der Waals surface area contributed by atoms with Crippen molar-refractivity contribution in [1.29, 1.82) is 0 Å². The number of hydrogen-bond donors (Lipinski definition) is 1. The fourth-order valence-electron chi connectivity index (χ4n) is 3.41. The van der Waals surface area contributed by atoms with Crippen LogP contribution < -0.4 is 5.32 Å². The highest BCUT2D eigenvalue weighted by atomic mass is 16.2. The summed E-state index contributed by atoms with van der Waals surface area (Å²) in [6.07, 6.45) is 1.67. The summed E-state index contributed by atoms with van der Waals surface area (Å²) in [4.78, 5) is 20.7. The lowest BCUT2D eigenvalue weighted by Crippen LogP contribution is -2.38. The minimum atomic E-state index is 0.269. The average molecular weight is 379 g/mol. The number of guanidine groups is 1. The van der Waals surface area contributed by atoms with Crippen LogP contribution in [0.15, 0.2) is 59.6 Å². The Kier molecular flexibility index (Phi) is 7.06. The van der Waals surface area contributed by atoms with E-state index in [2.05, 4.69) is 72.7 Å². The van der Waals surface area contributed by atoms with E-state index in [9.17, 15) is 4.79 Å². The number of hydrogen-bond acceptors (Lipinski definition) is 2. The molecule has 2 aromatic carbocycles. The highest BCUT2D eigenvalue weighted by Crippen LogP contribution is 2.15. The van der Waals surface area contributed by atoms with Crippen molar-refractivity contribution < 1.29 is 4.79 Å². The zero-order valence-electron chi connectivity index (χ0n) is 16.9. The molecule has 5 nitrogen and oxygen atoms in total. The van der Waals surface area contributed by atoms with E-state index in [1.807, 2.05) is 11.0 Å². The number of likely N-dealkylation sites (tertiary alicyclic amines) is 1. The number of carbonyl (C=O) groups excluding carboxylic acids is 1. The zero-order valence-corrected chi connectivity index (χ0v) is 16.9. The Morgan fingerprint density at radius 1 is 1.07 bits per heavy atom. The lowest BCUT2D eigenvalue weighted by atomic mass is 10.1. The molecule has 148 valence electrons. The minimum Gasteiger partial charge on any atom is -0.357 e. The first kappa shape index (κ1) is 19.9. The van der Waals surface area contributed by atoms with Gasteiger partial charge in [-0.15, -0.1) is 0 Å². The number of aliphatic imine (C=N–C) groups is 1. The van der Waals surface area contributed by atoms with E-state index in [4.69, 9.17) is 4.99 Å². The molecule has 3 rings (SSSR count). The summed E-state index contributed by atoms with van der Waals surface area (Å²) in [5, 5.41) is 3.37. The van der Waals surface area contributed by atoms with Gasteiger partial charge in [-0.1, -0.05) is 54.6 Å². The summed E-state index contributed by atoms with van der Waals surface area (Å²) in [7, 11) is 2.06. The molecule has 0 bridgehead atoms. The summed E-state index contributed by atoms with van der Waals surface area (Å²) >= 11 is 0. The molecule has 2 aromatic rings. The van der Waals surface area contributed by atoms with E-state index in [0.717, 1.165) is 32.0 Å². The molecule has 1 aliphatic heterocycles. The van der Waals surface area contributed by atoms with E-state index >= 15 is 0 Å². The second-order valence-corrected chi connectivity index (χ2v) is 7.25. The zero-order chi connectivity index (χ0) is 19.8. The molecule has 1 amide bonds. The van der Waals surface area contributed by atoms with Gasteiger partial charge in [0.1, 0.15) is 0 Å². The number of carbonyl (C=O) groups is 1. The average Bonchev–Trinajstić information content (AvgIpc) is 3.11. The van der Waals surface area contributed by atoms with Gasteiger partial charge in [-0.3, -0.25) is 4.79 Å². The lowest BCUT2D eigenvalue weighted by molar-refractivity contribution is -0.128. The first-order valence-corrected chi connectivity index (χ1v) is 10.0. The van der Waals surface area contributed by atoms with Crippen LogP contribution in [0, 0.1) is 0 Å². The Bertz CT molecular complexity index is 786. The molecule has 1 fully saturated rings. The topological polar surface area (TPSA) is 47.9 Å². The predicted octanol–water partition coefficient (Wildman–Crippen LogP) is 3.41. The van der Waals surface area contributed by atoms with Crippen LogP contribution in [0.25, 0.3) is 0 Å². The third kappa shape index (κ3) is 5.59. The maximum atomic E-state index is 11.8. The Labute approximate surface area is 168 Å². The van der Waals surface area contributed by atoms with Crippen LogP contribution in [0.3, 0.4) is 0 Å². The predicted molar refractivity (Wildman–Crippen MR) is 114 cm³/mol. The summed E-state index contributed by atoms with van der Waals surface area (Å²) in [5.41, 5.74) is 3.60. The number of rotatable bonds is 7. The van der Waals surface area contributed by atoms with Crippen LogP contribution >= 0.6 is 0 Å². The first-order valence-electron chi connectivity index (χ1n) is 10.0. The number of nitrogens with zero attached hydrogens (tertiary/aromatic N) is 3. The van der Waals surface area contributed by atoms with Gasteiger partial charge in [0.25, 0.3) is 0 Å². The molecular formula is C23H30N4O. The van der Waals surface area contributed by atoms with Crippen molar-refractivity contribution in [2.75, 3.05) is 20.1 Å². The van der Waals surface area contributed by atoms with Crippen molar-refractivity contribution in [3.63, 3.8) is 0 Å². The monoisotopic (exact) mass is 378 g/mol. The van der Waals surface area contributed by atoms with Gasteiger partial charge < -0.3 is 15.1 Å². The Morgan fingerprint density at radius 3 is 2.43 bits per heavy atom. The minimum absolute atomic E-state index is 0.269. The van der Waals surface area contributed by atoms with Crippen LogP contribution in [-0.4, -0.2) is 41.8 Å². The Balaban J connectivity index is 1.59. The molecule has 1 N–H and O–H groups in total. The van der Waals surface area contributed by atoms with E-state index in [0.29, 0.717) is 19.5 Å². The molecule has 28 heavy (non-hydrogen) atoms. The summed E-state index contributed by atoms with van der Waals surface area (Å²) < 4.78 is 0. The summed E-state index contributed by atoms with van der Waals surface area (Å²) in [5.74, 6) is 1.17. The van der Waals surface area contributed by atoms with Crippen LogP contribution in [0.2, 0.25) is 0 Å². The maximum Gasteiger partial charge on any atom is 0.222 e. The van der Waals surface area contributed by atoms with Crippen molar-refractivity contribution in [2.24, 2.45) is 4.99 Å².